The molecule has 1 unspecified atom stereocenters. The van der Waals surface area contributed by atoms with Crippen molar-refractivity contribution in [3.8, 4) is 0 Å². The first-order valence-electron chi connectivity index (χ1n) is 7.52. The Balaban J connectivity index is 1.97. The highest BCUT2D eigenvalue weighted by Crippen LogP contribution is 2.20. The molecule has 1 aromatic heterocycles. The molecule has 136 valence electrons. The number of hydrogen-bond acceptors (Lipinski definition) is 7. The number of ketones is 1. The molecule has 1 fully saturated rings. The lowest BCUT2D eigenvalue weighted by Gasteiger charge is -2.44. The SMILES string of the molecule is CC(C)(C)OC(=O)Nc1nc(C(=O)C(=O)NC2C(=O)NC2(C)C)cs1. The van der Waals surface area contributed by atoms with E-state index in [9.17, 15) is 19.2 Å². The van der Waals surface area contributed by atoms with Crippen LogP contribution in [-0.4, -0.2) is 45.9 Å². The largest absolute Gasteiger partial charge is 0.444 e. The number of carbonyl (C=O) groups is 4. The molecule has 3 amide bonds. The third-order valence-electron chi connectivity index (χ3n) is 3.26. The minimum atomic E-state index is -0.929. The molecule has 1 aliphatic rings. The number of thiazole rings is 1. The Bertz CT molecular complexity index is 735. The number of hydrogen-bond donors (Lipinski definition) is 3. The molecule has 1 aromatic rings. The van der Waals surface area contributed by atoms with Crippen LogP contribution in [0, 0.1) is 0 Å². The summed E-state index contributed by atoms with van der Waals surface area (Å²) in [5.41, 5.74) is -1.40. The maximum atomic E-state index is 12.1. The van der Waals surface area contributed by atoms with Crippen LogP contribution in [0.25, 0.3) is 0 Å². The fraction of sp³-hybridized carbons (Fsp3) is 0.533. The molecule has 2 rings (SSSR count). The smallest absolute Gasteiger partial charge is 0.413 e. The Morgan fingerprint density at radius 1 is 1.32 bits per heavy atom. The van der Waals surface area contributed by atoms with Crippen LogP contribution < -0.4 is 16.0 Å². The van der Waals surface area contributed by atoms with Gasteiger partial charge < -0.3 is 15.4 Å². The van der Waals surface area contributed by atoms with Crippen molar-refractivity contribution in [2.75, 3.05) is 5.32 Å². The first kappa shape index (κ1) is 18.8. The molecular formula is C15H20N4O5S. The molecule has 0 spiro atoms. The molecule has 0 radical (unpaired) electrons. The van der Waals surface area contributed by atoms with Crippen molar-refractivity contribution in [3.63, 3.8) is 0 Å². The van der Waals surface area contributed by atoms with Crippen molar-refractivity contribution in [2.45, 2.75) is 51.8 Å². The number of nitrogens with zero attached hydrogens (tertiary/aromatic N) is 1. The van der Waals surface area contributed by atoms with Crippen molar-refractivity contribution in [3.05, 3.63) is 11.1 Å². The van der Waals surface area contributed by atoms with Crippen LogP contribution in [0.4, 0.5) is 9.93 Å². The molecule has 1 saturated heterocycles. The molecule has 1 atom stereocenters. The summed E-state index contributed by atoms with van der Waals surface area (Å²) < 4.78 is 5.08. The van der Waals surface area contributed by atoms with Crippen molar-refractivity contribution < 1.29 is 23.9 Å². The van der Waals surface area contributed by atoms with Crippen LogP contribution in [0.3, 0.4) is 0 Å². The third kappa shape index (κ3) is 4.53. The minimum Gasteiger partial charge on any atom is -0.444 e. The van der Waals surface area contributed by atoms with Gasteiger partial charge in [-0.05, 0) is 34.6 Å². The number of anilines is 1. The van der Waals surface area contributed by atoms with E-state index in [0.717, 1.165) is 11.3 Å². The van der Waals surface area contributed by atoms with Crippen LogP contribution in [0.15, 0.2) is 5.38 Å². The fourth-order valence-corrected chi connectivity index (χ4v) is 2.77. The van der Waals surface area contributed by atoms with Gasteiger partial charge in [-0.25, -0.2) is 9.78 Å². The average molecular weight is 368 g/mol. The van der Waals surface area contributed by atoms with Gasteiger partial charge in [0.1, 0.15) is 17.3 Å². The van der Waals surface area contributed by atoms with E-state index in [-0.39, 0.29) is 16.7 Å². The van der Waals surface area contributed by atoms with Gasteiger partial charge in [-0.1, -0.05) is 0 Å². The van der Waals surface area contributed by atoms with Gasteiger partial charge >= 0.3 is 6.09 Å². The average Bonchev–Trinajstić information content (AvgIpc) is 2.89. The number of amides is 3. The summed E-state index contributed by atoms with van der Waals surface area (Å²) >= 11 is 0.985. The number of carbonyl (C=O) groups excluding carboxylic acids is 4. The summed E-state index contributed by atoms with van der Waals surface area (Å²) in [4.78, 5) is 51.2. The molecule has 0 aromatic carbocycles. The normalized spacial score (nSPS) is 18.6. The molecule has 0 bridgehead atoms. The highest BCUT2D eigenvalue weighted by atomic mass is 32.1. The van der Waals surface area contributed by atoms with Crippen molar-refractivity contribution >= 4 is 40.2 Å². The zero-order valence-corrected chi connectivity index (χ0v) is 15.4. The highest BCUT2D eigenvalue weighted by Gasteiger charge is 2.47. The van der Waals surface area contributed by atoms with E-state index in [1.165, 1.54) is 5.38 Å². The van der Waals surface area contributed by atoms with Crippen molar-refractivity contribution in [2.24, 2.45) is 0 Å². The first-order chi connectivity index (χ1) is 11.4. The molecule has 2 heterocycles. The monoisotopic (exact) mass is 368 g/mol. The number of aromatic nitrogens is 1. The van der Waals surface area contributed by atoms with Gasteiger partial charge in [0.2, 0.25) is 5.91 Å². The van der Waals surface area contributed by atoms with Gasteiger partial charge in [-0.3, -0.25) is 19.7 Å². The van der Waals surface area contributed by atoms with E-state index in [2.05, 4.69) is 20.9 Å². The highest BCUT2D eigenvalue weighted by molar-refractivity contribution is 7.14. The van der Waals surface area contributed by atoms with Crippen molar-refractivity contribution in [1.82, 2.24) is 15.6 Å². The molecule has 10 heteroatoms. The van der Waals surface area contributed by atoms with Crippen LogP contribution in [0.5, 0.6) is 0 Å². The number of nitrogens with one attached hydrogen (secondary N) is 3. The van der Waals surface area contributed by atoms with E-state index in [1.54, 1.807) is 34.6 Å². The van der Waals surface area contributed by atoms with E-state index in [1.807, 2.05) is 0 Å². The van der Waals surface area contributed by atoms with Crippen LogP contribution in [0.2, 0.25) is 0 Å². The molecule has 25 heavy (non-hydrogen) atoms. The maximum Gasteiger partial charge on any atom is 0.413 e. The minimum absolute atomic E-state index is 0.119. The molecular weight excluding hydrogens is 348 g/mol. The second kappa shape index (κ2) is 6.43. The molecule has 1 aliphatic heterocycles. The lowest BCUT2D eigenvalue weighted by molar-refractivity contribution is -0.138. The van der Waals surface area contributed by atoms with E-state index < -0.39 is 35.0 Å². The van der Waals surface area contributed by atoms with E-state index >= 15 is 0 Å². The lowest BCUT2D eigenvalue weighted by Crippen LogP contribution is -2.75. The Hall–Kier alpha value is -2.49. The second-order valence-corrected chi connectivity index (χ2v) is 7.97. The Morgan fingerprint density at radius 2 is 1.96 bits per heavy atom. The van der Waals surface area contributed by atoms with Gasteiger partial charge in [0.15, 0.2) is 5.13 Å². The standard InChI is InChI=1S/C15H20N4O5S/c1-14(2,3)24-13(23)18-12-16-7(6-25-12)8(20)10(21)17-9-11(22)19-15(9,4)5/h6,9H,1-5H3,(H,17,21)(H,19,22)(H,16,18,23). The van der Waals surface area contributed by atoms with E-state index in [0.29, 0.717) is 0 Å². The zero-order chi connectivity index (χ0) is 19.0. The predicted octanol–water partition coefficient (Wildman–Crippen LogP) is 1.07. The Kier molecular flexibility index (Phi) is 4.85. The number of rotatable bonds is 4. The summed E-state index contributed by atoms with van der Waals surface area (Å²) in [7, 11) is 0. The Morgan fingerprint density at radius 3 is 2.48 bits per heavy atom. The lowest BCUT2D eigenvalue weighted by atomic mass is 9.85. The molecule has 9 nitrogen and oxygen atoms in total. The van der Waals surface area contributed by atoms with Gasteiger partial charge in [0.25, 0.3) is 11.7 Å². The topological polar surface area (TPSA) is 126 Å². The molecule has 0 saturated carbocycles. The summed E-state index contributed by atoms with van der Waals surface area (Å²) in [6.45, 7) is 8.61. The summed E-state index contributed by atoms with van der Waals surface area (Å²) in [6.07, 6.45) is -0.710. The number of β-lactam (4-membered cyclic amide) rings is 1. The summed E-state index contributed by atoms with van der Waals surface area (Å²) in [6, 6.07) is -0.776. The van der Waals surface area contributed by atoms with Gasteiger partial charge in [-0.15, -0.1) is 11.3 Å². The van der Waals surface area contributed by atoms with Gasteiger partial charge in [0.05, 0.1) is 5.54 Å². The summed E-state index contributed by atoms with van der Waals surface area (Å²) in [5, 5.41) is 8.88. The first-order valence-corrected chi connectivity index (χ1v) is 8.40. The van der Waals surface area contributed by atoms with Crippen LogP contribution >= 0.6 is 11.3 Å². The maximum absolute atomic E-state index is 12.1. The molecule has 0 aliphatic carbocycles. The van der Waals surface area contributed by atoms with Gasteiger partial charge in [-0.2, -0.15) is 0 Å². The summed E-state index contributed by atoms with van der Waals surface area (Å²) in [5.74, 6) is -2.16. The predicted molar refractivity (Wildman–Crippen MR) is 90.5 cm³/mol. The Labute approximate surface area is 148 Å². The number of ether oxygens (including phenoxy) is 1. The van der Waals surface area contributed by atoms with Crippen LogP contribution in [-0.2, 0) is 14.3 Å². The van der Waals surface area contributed by atoms with Crippen LogP contribution in [0.1, 0.15) is 45.1 Å². The molecule has 3 N–H and O–H groups in total. The van der Waals surface area contributed by atoms with Gasteiger partial charge in [0, 0.05) is 5.38 Å². The zero-order valence-electron chi connectivity index (χ0n) is 14.6. The third-order valence-corrected chi connectivity index (χ3v) is 4.01. The second-order valence-electron chi connectivity index (χ2n) is 7.11. The fourth-order valence-electron chi connectivity index (χ4n) is 2.10. The number of Topliss-reactive ketones (excluding diaryl/α,β-unsaturated/α-hetero) is 1. The van der Waals surface area contributed by atoms with E-state index in [4.69, 9.17) is 4.74 Å². The van der Waals surface area contributed by atoms with Crippen molar-refractivity contribution in [1.29, 1.82) is 0 Å². The quantitative estimate of drug-likeness (QED) is 0.414.